The van der Waals surface area contributed by atoms with E-state index < -0.39 is 5.97 Å². The number of benzene rings is 1. The van der Waals surface area contributed by atoms with E-state index >= 15 is 0 Å². The fourth-order valence-electron chi connectivity index (χ4n) is 2.94. The van der Waals surface area contributed by atoms with Gasteiger partial charge in [0, 0.05) is 30.4 Å². The molecule has 0 saturated carbocycles. The molecular formula is C23H38N2O4S. The molecule has 6 nitrogen and oxygen atoms in total. The van der Waals surface area contributed by atoms with Crippen LogP contribution in [0.15, 0.2) is 24.3 Å². The number of esters is 1. The van der Waals surface area contributed by atoms with Gasteiger partial charge in [-0.3, -0.25) is 14.5 Å². The lowest BCUT2D eigenvalue weighted by atomic mass is 10.1. The largest absolute Gasteiger partial charge is 0.465 e. The predicted molar refractivity (Wildman–Crippen MR) is 126 cm³/mol. The fourth-order valence-corrected chi connectivity index (χ4v) is 4.13. The van der Waals surface area contributed by atoms with E-state index in [9.17, 15) is 14.4 Å². The van der Waals surface area contributed by atoms with Crippen molar-refractivity contribution in [1.29, 1.82) is 0 Å². The van der Waals surface area contributed by atoms with Gasteiger partial charge < -0.3 is 9.64 Å². The van der Waals surface area contributed by atoms with Gasteiger partial charge in [-0.05, 0) is 31.7 Å². The zero-order valence-corrected chi connectivity index (χ0v) is 20.7. The van der Waals surface area contributed by atoms with Crippen LogP contribution in [0.1, 0.15) is 58.3 Å². The van der Waals surface area contributed by atoms with Crippen molar-refractivity contribution in [3.8, 4) is 0 Å². The monoisotopic (exact) mass is 438 g/mol. The molecule has 1 fully saturated rings. The van der Waals surface area contributed by atoms with E-state index in [0.717, 1.165) is 0 Å². The molecule has 0 spiro atoms. The van der Waals surface area contributed by atoms with Crippen LogP contribution in [0.2, 0.25) is 0 Å². The number of anilines is 1. The Balaban J connectivity index is 0.00000198. The summed E-state index contributed by atoms with van der Waals surface area (Å²) in [5, 5.41) is 0.286. The van der Waals surface area contributed by atoms with Gasteiger partial charge in [-0.25, -0.2) is 4.79 Å². The molecule has 1 amide bonds. The van der Waals surface area contributed by atoms with Crippen LogP contribution in [-0.4, -0.2) is 60.9 Å². The summed E-state index contributed by atoms with van der Waals surface area (Å²) in [6.45, 7) is 12.5. The van der Waals surface area contributed by atoms with Crippen LogP contribution in [0.3, 0.4) is 0 Å². The molecule has 2 atom stereocenters. The highest BCUT2D eigenvalue weighted by Gasteiger charge is 2.37. The van der Waals surface area contributed by atoms with Crippen LogP contribution >= 0.6 is 11.8 Å². The van der Waals surface area contributed by atoms with E-state index in [2.05, 4.69) is 0 Å². The van der Waals surface area contributed by atoms with Crippen LogP contribution in [0.4, 0.5) is 5.69 Å². The summed E-state index contributed by atoms with van der Waals surface area (Å²) in [7, 11) is 4.93. The molecule has 2 unspecified atom stereocenters. The Morgan fingerprint density at radius 2 is 1.77 bits per heavy atom. The van der Waals surface area contributed by atoms with Crippen molar-refractivity contribution < 1.29 is 19.1 Å². The minimum Gasteiger partial charge on any atom is -0.465 e. The van der Waals surface area contributed by atoms with E-state index in [1.165, 1.54) is 18.9 Å². The third kappa shape index (κ3) is 7.76. The summed E-state index contributed by atoms with van der Waals surface area (Å²) < 4.78 is 4.73. The predicted octanol–water partition coefficient (Wildman–Crippen LogP) is 4.48. The van der Waals surface area contributed by atoms with Crippen molar-refractivity contribution in [2.45, 2.75) is 59.3 Å². The Labute approximate surface area is 186 Å². The molecule has 0 aromatic heterocycles. The first-order chi connectivity index (χ1) is 14.2. The first-order valence-electron chi connectivity index (χ1n) is 10.6. The summed E-state index contributed by atoms with van der Waals surface area (Å²) in [5.74, 6) is -0.493. The molecule has 30 heavy (non-hydrogen) atoms. The minimum atomic E-state index is -0.436. The van der Waals surface area contributed by atoms with Gasteiger partial charge in [-0.1, -0.05) is 59.4 Å². The number of nitrogens with zero attached hydrogens (tertiary/aromatic N) is 2. The summed E-state index contributed by atoms with van der Waals surface area (Å²) in [5.41, 5.74) is 1.04. The molecule has 1 saturated heterocycles. The van der Waals surface area contributed by atoms with Gasteiger partial charge in [-0.2, -0.15) is 0 Å². The molecule has 1 aliphatic rings. The zero-order chi connectivity index (χ0) is 23.4. The maximum absolute atomic E-state index is 12.9. The van der Waals surface area contributed by atoms with E-state index in [1.807, 2.05) is 53.5 Å². The smallest absolute Gasteiger partial charge is 0.337 e. The van der Waals surface area contributed by atoms with Crippen LogP contribution in [-0.2, 0) is 14.3 Å². The number of methoxy groups -OCH3 is 1. The summed E-state index contributed by atoms with van der Waals surface area (Å²) in [4.78, 5) is 40.2. The van der Waals surface area contributed by atoms with Gasteiger partial charge in [0.15, 0.2) is 5.12 Å². The second kappa shape index (κ2) is 14.2. The van der Waals surface area contributed by atoms with Crippen molar-refractivity contribution in [1.82, 2.24) is 4.90 Å². The van der Waals surface area contributed by atoms with Crippen LogP contribution in [0, 0.1) is 5.92 Å². The normalized spacial score (nSPS) is 17.9. The summed E-state index contributed by atoms with van der Waals surface area (Å²) >= 11 is 1.34. The van der Waals surface area contributed by atoms with Crippen molar-refractivity contribution in [2.24, 2.45) is 5.92 Å². The van der Waals surface area contributed by atoms with Gasteiger partial charge in [0.25, 0.3) is 0 Å². The van der Waals surface area contributed by atoms with Crippen molar-refractivity contribution >= 4 is 34.4 Å². The van der Waals surface area contributed by atoms with Gasteiger partial charge in [0.1, 0.15) is 0 Å². The third-order valence-electron chi connectivity index (χ3n) is 4.53. The van der Waals surface area contributed by atoms with Crippen molar-refractivity contribution in [3.63, 3.8) is 0 Å². The number of carbonyl (C=O) groups is 3. The molecule has 0 N–H and O–H groups in total. The number of rotatable bonds is 5. The lowest BCUT2D eigenvalue weighted by molar-refractivity contribution is -0.122. The van der Waals surface area contributed by atoms with E-state index in [0.29, 0.717) is 24.2 Å². The highest BCUT2D eigenvalue weighted by atomic mass is 32.2. The van der Waals surface area contributed by atoms with E-state index in [1.54, 1.807) is 36.2 Å². The lowest BCUT2D eigenvalue weighted by Crippen LogP contribution is -2.42. The van der Waals surface area contributed by atoms with Crippen molar-refractivity contribution in [3.05, 3.63) is 29.8 Å². The molecule has 0 radical (unpaired) electrons. The van der Waals surface area contributed by atoms with Gasteiger partial charge in [0.05, 0.1) is 18.7 Å². The highest BCUT2D eigenvalue weighted by Crippen LogP contribution is 2.30. The van der Waals surface area contributed by atoms with Crippen molar-refractivity contribution in [2.75, 3.05) is 32.6 Å². The molecular weight excluding hydrogens is 400 g/mol. The van der Waals surface area contributed by atoms with Crippen LogP contribution in [0.25, 0.3) is 0 Å². The Kier molecular flexibility index (Phi) is 13.3. The molecule has 170 valence electrons. The average Bonchev–Trinajstić information content (AvgIpc) is 3.14. The molecule has 1 aliphatic heterocycles. The minimum absolute atomic E-state index is 0.0104. The molecule has 1 heterocycles. The van der Waals surface area contributed by atoms with Crippen LogP contribution < -0.4 is 4.90 Å². The number of hydrogen-bond acceptors (Lipinski definition) is 6. The first kappa shape index (κ1) is 28.1. The van der Waals surface area contributed by atoms with Gasteiger partial charge >= 0.3 is 5.97 Å². The second-order valence-electron chi connectivity index (χ2n) is 6.84. The number of ether oxygens (including phenoxy) is 1. The number of likely N-dealkylation sites (tertiary alicyclic amines) is 1. The molecule has 1 aromatic carbocycles. The molecule has 2 rings (SSSR count). The second-order valence-corrected chi connectivity index (χ2v) is 8.15. The third-order valence-corrected chi connectivity index (χ3v) is 5.91. The standard InChI is InChI=1S/C19H26N2O4S.2C2H6/c1-12(2)19(24)26-15-10-16(20(3)11-15)17(22)21(4)14-8-6-7-13(9-14)18(23)25-5;2*1-2/h6-9,12,15-16H,10-11H2,1-5H3;2*1-2H3. The summed E-state index contributed by atoms with van der Waals surface area (Å²) in [6.07, 6.45) is 0.638. The highest BCUT2D eigenvalue weighted by molar-refractivity contribution is 8.14. The average molecular weight is 439 g/mol. The fraction of sp³-hybridized carbons (Fsp3) is 0.609. The maximum Gasteiger partial charge on any atom is 0.337 e. The lowest BCUT2D eigenvalue weighted by Gasteiger charge is -2.25. The van der Waals surface area contributed by atoms with E-state index in [-0.39, 0.29) is 28.2 Å². The Morgan fingerprint density at radius 1 is 1.17 bits per heavy atom. The van der Waals surface area contributed by atoms with Crippen LogP contribution in [0.5, 0.6) is 0 Å². The maximum atomic E-state index is 12.9. The quantitative estimate of drug-likeness (QED) is 0.632. The van der Waals surface area contributed by atoms with Gasteiger partial charge in [0.2, 0.25) is 5.91 Å². The number of amides is 1. The number of likely N-dealkylation sites (N-methyl/N-ethyl adjacent to an activating group) is 2. The number of thioether (sulfide) groups is 1. The number of hydrogen-bond donors (Lipinski definition) is 0. The first-order valence-corrected chi connectivity index (χ1v) is 11.5. The Bertz CT molecular complexity index is 694. The molecule has 7 heteroatoms. The number of carbonyl (C=O) groups excluding carboxylic acids is 3. The molecule has 0 aliphatic carbocycles. The Morgan fingerprint density at radius 3 is 2.30 bits per heavy atom. The topological polar surface area (TPSA) is 66.9 Å². The zero-order valence-electron chi connectivity index (χ0n) is 19.9. The summed E-state index contributed by atoms with van der Waals surface area (Å²) in [6, 6.07) is 6.53. The SMILES string of the molecule is CC.CC.COC(=O)c1cccc(N(C)C(=O)C2CC(SC(=O)C(C)C)CN2C)c1. The van der Waals surface area contributed by atoms with E-state index in [4.69, 9.17) is 4.74 Å². The molecule has 1 aromatic rings. The molecule has 0 bridgehead atoms. The Hall–Kier alpha value is -1.86. The van der Waals surface area contributed by atoms with Gasteiger partial charge in [-0.15, -0.1) is 0 Å².